The molecule has 0 amide bonds. The van der Waals surface area contributed by atoms with Gasteiger partial charge in [0.2, 0.25) is 0 Å². The van der Waals surface area contributed by atoms with Crippen molar-refractivity contribution in [1.29, 1.82) is 0 Å². The Labute approximate surface area is 514 Å². The number of benzene rings is 5. The lowest BCUT2D eigenvalue weighted by Gasteiger charge is -2.52. The number of aryl methyl sites for hydroxylation is 1. The molecule has 6 aromatic rings. The Morgan fingerprint density at radius 2 is 0.718 bits per heavy atom. The normalized spacial score (nSPS) is 32.7. The van der Waals surface area contributed by atoms with Crippen molar-refractivity contribution < 1.29 is 9.59 Å². The predicted octanol–water partition coefficient (Wildman–Crippen LogP) is 21.6. The van der Waals surface area contributed by atoms with Gasteiger partial charge < -0.3 is 0 Å². The van der Waals surface area contributed by atoms with E-state index in [4.69, 9.17) is 0 Å². The van der Waals surface area contributed by atoms with Crippen LogP contribution >= 0.6 is 11.3 Å². The fraction of sp³-hybridized carbons (Fsp3) is 0.512. The van der Waals surface area contributed by atoms with Crippen LogP contribution < -0.4 is 0 Å². The first kappa shape index (κ1) is 56.2. The zero-order valence-corrected chi connectivity index (χ0v) is 54.6. The van der Waals surface area contributed by atoms with E-state index in [-0.39, 0.29) is 73.1 Å². The molecule has 6 fully saturated rings. The quantitative estimate of drug-likeness (QED) is 0.0805. The van der Waals surface area contributed by atoms with Crippen LogP contribution in [0, 0.1) is 74.9 Å². The van der Waals surface area contributed by atoms with Gasteiger partial charge in [0.05, 0.1) is 0 Å². The van der Waals surface area contributed by atoms with Crippen molar-refractivity contribution in [2.45, 2.75) is 196 Å². The van der Waals surface area contributed by atoms with Crippen molar-refractivity contribution in [3.63, 3.8) is 0 Å². The maximum absolute atomic E-state index is 12.8. The molecule has 15 rings (SSSR count). The van der Waals surface area contributed by atoms with Gasteiger partial charge in [-0.2, -0.15) is 0 Å². The van der Waals surface area contributed by atoms with Crippen LogP contribution in [-0.2, 0) is 32.3 Å². The maximum Gasteiger partial charge on any atom is 0.160 e. The van der Waals surface area contributed by atoms with Gasteiger partial charge in [-0.05, 0) is 290 Å². The number of thiophene rings is 1. The van der Waals surface area contributed by atoms with Crippen LogP contribution in [0.15, 0.2) is 122 Å². The highest BCUT2D eigenvalue weighted by Crippen LogP contribution is 2.87. The number of carbonyl (C=O) groups excluding carboxylic acids is 2. The molecule has 6 saturated carbocycles. The Morgan fingerprint density at radius 1 is 0.400 bits per heavy atom. The van der Waals surface area contributed by atoms with Crippen molar-refractivity contribution in [1.82, 2.24) is 0 Å². The summed E-state index contributed by atoms with van der Waals surface area (Å²) in [4.78, 5) is 27.4. The number of rotatable bonds is 14. The van der Waals surface area contributed by atoms with Gasteiger partial charge in [-0.1, -0.05) is 149 Å². The molecule has 3 heteroatoms. The Kier molecular flexibility index (Phi) is 12.1. The SMILES string of the molecule is C=CCC(=O)/C=C\C(=O)Cc1ccc(-c2ccc(-c3ccc4c(c3)C3(c5cc6c(cc5-4)C4(c5cc7c(cc5-6)C5(c6cc(C)ccc6-7)C6(C(C)C)CCC5(C(C)C)CC6)C5(C(C)C)CCC4(C(C)C)CC5)C4(C(C)C)CCC3(C(C)C)CC4)s2)cc1. The van der Waals surface area contributed by atoms with E-state index in [0.717, 1.165) is 5.56 Å². The first-order valence-corrected chi connectivity index (χ1v) is 34.6. The molecule has 6 bridgehead atoms. The van der Waals surface area contributed by atoms with Crippen LogP contribution in [-0.4, -0.2) is 11.6 Å². The van der Waals surface area contributed by atoms with Gasteiger partial charge in [0.1, 0.15) is 0 Å². The molecule has 9 aliphatic rings. The van der Waals surface area contributed by atoms with Gasteiger partial charge in [-0.3, -0.25) is 9.59 Å². The smallest absolute Gasteiger partial charge is 0.160 e. The topological polar surface area (TPSA) is 34.1 Å². The molecule has 1 heterocycles. The Morgan fingerprint density at radius 3 is 1.09 bits per heavy atom. The van der Waals surface area contributed by atoms with E-state index in [1.54, 1.807) is 67.3 Å². The Bertz CT molecular complexity index is 3780. The second-order valence-corrected chi connectivity index (χ2v) is 32.7. The summed E-state index contributed by atoms with van der Waals surface area (Å²) in [5.74, 6) is 3.12. The fourth-order valence-corrected chi connectivity index (χ4v) is 25.8. The van der Waals surface area contributed by atoms with Crippen LogP contribution in [0.1, 0.15) is 211 Å². The minimum absolute atomic E-state index is 0.0272. The zero-order valence-electron chi connectivity index (χ0n) is 53.8. The molecule has 1 aromatic heterocycles. The molecule has 0 atom stereocenters. The summed E-state index contributed by atoms with van der Waals surface area (Å²) in [5, 5.41) is 0. The van der Waals surface area contributed by atoms with Gasteiger partial charge in [0, 0.05) is 38.8 Å². The van der Waals surface area contributed by atoms with E-state index in [2.05, 4.69) is 194 Å². The third-order valence-corrected chi connectivity index (χ3v) is 29.5. The fourth-order valence-electron chi connectivity index (χ4n) is 24.7. The van der Waals surface area contributed by atoms with Crippen molar-refractivity contribution in [2.75, 3.05) is 0 Å². The van der Waals surface area contributed by atoms with Gasteiger partial charge >= 0.3 is 0 Å². The monoisotopic (exact) mass is 1140 g/mol. The molecule has 0 unspecified atom stereocenters. The molecule has 0 radical (unpaired) electrons. The van der Waals surface area contributed by atoms with E-state index < -0.39 is 0 Å². The van der Waals surface area contributed by atoms with Gasteiger partial charge in [0.15, 0.2) is 11.6 Å². The van der Waals surface area contributed by atoms with Crippen molar-refractivity contribution in [2.24, 2.45) is 68.0 Å². The minimum atomic E-state index is -0.130. The first-order chi connectivity index (χ1) is 40.6. The van der Waals surface area contributed by atoms with E-state index >= 15 is 0 Å². The molecule has 0 saturated heterocycles. The standard InChI is InChI=1S/C82H94O2S/c1-15-16-58(83)23-24-59(84)42-55-18-20-56(21-19-55)72-27-28-73(85-72)57-22-26-61-63-45-71-65(47-69(63)81(67(61)43-57)76(50(6)7)33-35-77(81,36-34-76)51(8)9)64-46-68-62(44-70(64)82(71)78(52(10)11)37-39-79(82,40-38-78)53(12)13)60-25-17-54(14)41-66(60)80(68)74(48(2)3)29-31-75(80,32-30-74)49(4)5/h15,17-28,41,43-53H,1,16,29-40,42H2,2-14H3/b24-23-. The van der Waals surface area contributed by atoms with Crippen LogP contribution in [0.25, 0.3) is 54.3 Å². The summed E-state index contributed by atoms with van der Waals surface area (Å²) in [5.41, 5.74) is 25.2. The van der Waals surface area contributed by atoms with E-state index in [0.29, 0.717) is 35.5 Å². The average molecular weight is 1140 g/mol. The van der Waals surface area contributed by atoms with Gasteiger partial charge in [-0.25, -0.2) is 0 Å². The second-order valence-electron chi connectivity index (χ2n) is 31.6. The summed E-state index contributed by atoms with van der Waals surface area (Å²) in [7, 11) is 0. The van der Waals surface area contributed by atoms with Crippen LogP contribution in [0.3, 0.4) is 0 Å². The third kappa shape index (κ3) is 6.26. The molecule has 5 aromatic carbocycles. The summed E-state index contributed by atoms with van der Waals surface area (Å²) < 4.78 is 0. The molecule has 9 aliphatic carbocycles. The molecule has 440 valence electrons. The Balaban J connectivity index is 0.963. The first-order valence-electron chi connectivity index (χ1n) is 33.8. The third-order valence-electron chi connectivity index (χ3n) is 28.3. The number of ketones is 2. The number of allylic oxidation sites excluding steroid dienone is 3. The summed E-state index contributed by atoms with van der Waals surface area (Å²) in [6, 6.07) is 40.7. The van der Waals surface area contributed by atoms with Crippen molar-refractivity contribution in [3.8, 4) is 54.3 Å². The van der Waals surface area contributed by atoms with Crippen LogP contribution in [0.4, 0.5) is 0 Å². The Hall–Kier alpha value is -5.38. The molecular formula is C82H94O2S. The largest absolute Gasteiger partial charge is 0.295 e. The van der Waals surface area contributed by atoms with Crippen molar-refractivity contribution in [3.05, 3.63) is 166 Å². The lowest BCUT2D eigenvalue weighted by atomic mass is 9.50. The molecular weight excluding hydrogens is 1050 g/mol. The molecule has 0 aliphatic heterocycles. The van der Waals surface area contributed by atoms with E-state index in [1.807, 2.05) is 11.3 Å². The highest BCUT2D eigenvalue weighted by Gasteiger charge is 2.80. The van der Waals surface area contributed by atoms with E-state index in [1.165, 1.54) is 121 Å². The number of fused-ring (bicyclic) bond motifs is 9. The number of carbonyl (C=O) groups is 2. The van der Waals surface area contributed by atoms with Crippen LogP contribution in [0.5, 0.6) is 0 Å². The maximum atomic E-state index is 12.8. The second kappa shape index (κ2) is 18.4. The van der Waals surface area contributed by atoms with Crippen molar-refractivity contribution >= 4 is 22.9 Å². The lowest BCUT2D eigenvalue weighted by Crippen LogP contribution is -2.50. The number of hydrogen-bond donors (Lipinski definition) is 0. The summed E-state index contributed by atoms with van der Waals surface area (Å²) in [6.07, 6.45) is 20.6. The zero-order chi connectivity index (χ0) is 59.6. The molecule has 3 spiro atoms. The summed E-state index contributed by atoms with van der Waals surface area (Å²) in [6.45, 7) is 37.5. The molecule has 0 N–H and O–H groups in total. The lowest BCUT2D eigenvalue weighted by molar-refractivity contribution is -0.116. The van der Waals surface area contributed by atoms with Gasteiger partial charge in [0.25, 0.3) is 0 Å². The molecule has 85 heavy (non-hydrogen) atoms. The number of hydrogen-bond acceptors (Lipinski definition) is 3. The minimum Gasteiger partial charge on any atom is -0.295 e. The van der Waals surface area contributed by atoms with Crippen LogP contribution in [0.2, 0.25) is 0 Å². The highest BCUT2D eigenvalue weighted by atomic mass is 32.1. The van der Waals surface area contributed by atoms with E-state index in [9.17, 15) is 9.59 Å². The summed E-state index contributed by atoms with van der Waals surface area (Å²) >= 11 is 1.89. The highest BCUT2D eigenvalue weighted by molar-refractivity contribution is 7.18. The predicted molar refractivity (Wildman–Crippen MR) is 355 cm³/mol. The average Bonchev–Trinajstić information content (AvgIpc) is 1.47. The molecule has 2 nitrogen and oxygen atoms in total. The van der Waals surface area contributed by atoms with Gasteiger partial charge in [-0.15, -0.1) is 17.9 Å².